The normalized spacial score (nSPS) is 15.5. The molecule has 1 fully saturated rings. The molecule has 228 valence electrons. The maximum atomic E-state index is 15.8. The topological polar surface area (TPSA) is 105 Å². The molecular weight excluding hydrogens is 612 g/mol. The first kappa shape index (κ1) is 31.7. The van der Waals surface area contributed by atoms with Crippen LogP contribution in [0.4, 0.5) is 24.4 Å². The molecule has 1 atom stereocenters. The van der Waals surface area contributed by atoms with Gasteiger partial charge < -0.3 is 19.3 Å². The molecule has 0 saturated carbocycles. The molecule has 1 saturated heterocycles. The number of carbonyl (C=O) groups excluding carboxylic acids is 1. The molecule has 3 aromatic rings. The van der Waals surface area contributed by atoms with Crippen LogP contribution >= 0.6 is 23.1 Å². The maximum absolute atomic E-state index is 15.8. The molecule has 0 aliphatic carbocycles. The molecule has 42 heavy (non-hydrogen) atoms. The minimum absolute atomic E-state index is 0.0462. The number of amides is 1. The molecule has 1 aliphatic heterocycles. The Morgan fingerprint density at radius 2 is 1.98 bits per heavy atom. The van der Waals surface area contributed by atoms with E-state index in [9.17, 15) is 13.2 Å². The first-order valence-electron chi connectivity index (χ1n) is 12.9. The lowest BCUT2D eigenvalue weighted by molar-refractivity contribution is 0.0292. The number of methoxy groups -OCH3 is 1. The lowest BCUT2D eigenvalue weighted by Gasteiger charge is -2.29. The zero-order valence-electron chi connectivity index (χ0n) is 24.0. The summed E-state index contributed by atoms with van der Waals surface area (Å²) in [5.41, 5.74) is 0.544. The van der Waals surface area contributed by atoms with Gasteiger partial charge in [-0.05, 0) is 57.4 Å². The summed E-state index contributed by atoms with van der Waals surface area (Å²) in [6.45, 7) is 7.38. The largest absolute Gasteiger partial charge is 0.497 e. The molecule has 4 rings (SSSR count). The molecule has 1 aliphatic rings. The van der Waals surface area contributed by atoms with E-state index in [1.807, 2.05) is 0 Å². The number of aromatic nitrogens is 2. The number of halogens is 3. The summed E-state index contributed by atoms with van der Waals surface area (Å²) in [5.74, 6) is -2.18. The van der Waals surface area contributed by atoms with Gasteiger partial charge in [-0.25, -0.2) is 31.3 Å². The van der Waals surface area contributed by atoms with Gasteiger partial charge in [-0.1, -0.05) is 17.7 Å². The number of likely N-dealkylation sites (tertiary alicyclic amines) is 1. The van der Waals surface area contributed by atoms with E-state index in [4.69, 9.17) is 21.1 Å². The van der Waals surface area contributed by atoms with Crippen molar-refractivity contribution >= 4 is 50.1 Å². The molecule has 15 heteroatoms. The Morgan fingerprint density at radius 1 is 1.26 bits per heavy atom. The van der Waals surface area contributed by atoms with Crippen LogP contribution in [0, 0.1) is 18.6 Å². The number of aryl methyl sites for hydroxylation is 1. The van der Waals surface area contributed by atoms with Crippen molar-refractivity contribution in [3.63, 3.8) is 0 Å². The third-order valence-electron chi connectivity index (χ3n) is 6.81. The molecular formula is C27H32ClF2N5O5S2. The number of hydrogen-bond donors (Lipinski definition) is 0. The number of nitrogens with zero attached hydrogens (tertiary/aromatic N) is 5. The molecule has 1 aromatic heterocycles. The molecule has 0 spiro atoms. The lowest BCUT2D eigenvalue weighted by atomic mass is 10.1. The average molecular weight is 644 g/mol. The van der Waals surface area contributed by atoms with Gasteiger partial charge in [-0.3, -0.25) is 0 Å². The van der Waals surface area contributed by atoms with Crippen LogP contribution in [0.5, 0.6) is 5.75 Å². The molecule has 0 unspecified atom stereocenters. The van der Waals surface area contributed by atoms with E-state index in [1.54, 1.807) is 57.8 Å². The van der Waals surface area contributed by atoms with Gasteiger partial charge in [0.2, 0.25) is 5.13 Å². The van der Waals surface area contributed by atoms with E-state index >= 15 is 8.78 Å². The second-order valence-electron chi connectivity index (χ2n) is 10.8. The number of benzene rings is 2. The van der Waals surface area contributed by atoms with Crippen molar-refractivity contribution in [1.82, 2.24) is 14.3 Å². The number of sulfonamides is 1. The zero-order chi connectivity index (χ0) is 31.0. The van der Waals surface area contributed by atoms with Crippen molar-refractivity contribution in [1.29, 1.82) is 0 Å². The first-order chi connectivity index (χ1) is 19.6. The third kappa shape index (κ3) is 6.55. The number of rotatable bonds is 8. The summed E-state index contributed by atoms with van der Waals surface area (Å²) < 4.78 is 74.6. The molecule has 1 amide bonds. The van der Waals surface area contributed by atoms with E-state index < -0.39 is 43.3 Å². The van der Waals surface area contributed by atoms with Crippen molar-refractivity contribution in [2.24, 2.45) is 0 Å². The van der Waals surface area contributed by atoms with Gasteiger partial charge >= 0.3 is 6.09 Å². The van der Waals surface area contributed by atoms with Crippen molar-refractivity contribution in [3.05, 3.63) is 58.4 Å². The van der Waals surface area contributed by atoms with Gasteiger partial charge in [0, 0.05) is 43.8 Å². The van der Waals surface area contributed by atoms with Gasteiger partial charge in [0.1, 0.15) is 28.5 Å². The lowest BCUT2D eigenvalue weighted by Crippen LogP contribution is -2.39. The predicted octanol–water partition coefficient (Wildman–Crippen LogP) is 5.63. The van der Waals surface area contributed by atoms with E-state index in [1.165, 1.54) is 12.0 Å². The average Bonchev–Trinajstić information content (AvgIpc) is 3.61. The van der Waals surface area contributed by atoms with Gasteiger partial charge in [-0.15, -0.1) is 0 Å². The van der Waals surface area contributed by atoms with Crippen LogP contribution in [0.15, 0.2) is 35.5 Å². The Labute approximate surface area is 253 Å². The van der Waals surface area contributed by atoms with Crippen molar-refractivity contribution in [2.75, 3.05) is 36.5 Å². The zero-order valence-corrected chi connectivity index (χ0v) is 26.4. The Morgan fingerprint density at radius 3 is 2.57 bits per heavy atom. The van der Waals surface area contributed by atoms with Crippen molar-refractivity contribution in [2.45, 2.75) is 57.2 Å². The van der Waals surface area contributed by atoms with Gasteiger partial charge in [0.25, 0.3) is 10.0 Å². The third-order valence-corrected chi connectivity index (χ3v) is 9.75. The van der Waals surface area contributed by atoms with Crippen LogP contribution in [-0.4, -0.2) is 67.7 Å². The second-order valence-corrected chi connectivity index (χ2v) is 13.8. The highest BCUT2D eigenvalue weighted by Crippen LogP contribution is 2.39. The van der Waals surface area contributed by atoms with Crippen LogP contribution in [0.2, 0.25) is 5.02 Å². The fraction of sp³-hybridized carbons (Fsp3) is 0.444. The molecule has 2 aromatic carbocycles. The van der Waals surface area contributed by atoms with E-state index in [0.717, 1.165) is 28.2 Å². The monoisotopic (exact) mass is 643 g/mol. The Bertz CT molecular complexity index is 1570. The molecule has 0 bridgehead atoms. The fourth-order valence-electron chi connectivity index (χ4n) is 4.58. The van der Waals surface area contributed by atoms with Crippen LogP contribution in [-0.2, 0) is 21.3 Å². The minimum Gasteiger partial charge on any atom is -0.497 e. The minimum atomic E-state index is -4.85. The molecule has 0 radical (unpaired) electrons. The number of likely N-dealkylation sites (N-methyl/N-ethyl adjacent to an activating group) is 1. The summed E-state index contributed by atoms with van der Waals surface area (Å²) in [4.78, 5) is 18.3. The van der Waals surface area contributed by atoms with E-state index in [2.05, 4.69) is 9.36 Å². The van der Waals surface area contributed by atoms with Crippen LogP contribution in [0.25, 0.3) is 0 Å². The number of carbonyl (C=O) groups is 1. The standard InChI is InChI=1S/C27H32ClF2N5O5S2/c1-16-11-19(39-6)8-7-17(16)13-35(25-31-15-32-41-25)42(37,38)24-20(29)12-21(22(28)23(24)30)33(5)18-9-10-34(14-18)26(36)40-27(2,3)4/h7-8,11-12,15,18H,9-10,13-14H2,1-6H3/t18-/m0/s1. The van der Waals surface area contributed by atoms with Crippen molar-refractivity contribution < 1.29 is 31.5 Å². The maximum Gasteiger partial charge on any atom is 0.410 e. The molecule has 10 nitrogen and oxygen atoms in total. The van der Waals surface area contributed by atoms with Crippen LogP contribution < -0.4 is 13.9 Å². The number of hydrogen-bond acceptors (Lipinski definition) is 9. The summed E-state index contributed by atoms with van der Waals surface area (Å²) >= 11 is 7.14. The van der Waals surface area contributed by atoms with Crippen molar-refractivity contribution in [3.8, 4) is 5.75 Å². The summed E-state index contributed by atoms with van der Waals surface area (Å²) in [6.07, 6.45) is 1.15. The highest BCUT2D eigenvalue weighted by molar-refractivity contribution is 7.93. The second kappa shape index (κ2) is 12.2. The quantitative estimate of drug-likeness (QED) is 0.291. The fourth-order valence-corrected chi connectivity index (χ4v) is 7.16. The van der Waals surface area contributed by atoms with E-state index in [-0.39, 0.29) is 30.0 Å². The highest BCUT2D eigenvalue weighted by atomic mass is 35.5. The first-order valence-corrected chi connectivity index (χ1v) is 15.5. The predicted molar refractivity (Wildman–Crippen MR) is 157 cm³/mol. The number of ether oxygens (including phenoxy) is 2. The Balaban J connectivity index is 1.66. The Hall–Kier alpha value is -3.23. The molecule has 0 N–H and O–H groups in total. The SMILES string of the molecule is COc1ccc(CN(c2ncns2)S(=O)(=O)c2c(F)cc(N(C)[C@H]3CCN(C(=O)OC(C)(C)C)C3)c(Cl)c2F)c(C)c1. The summed E-state index contributed by atoms with van der Waals surface area (Å²) in [5, 5.41) is -0.638. The van der Waals surface area contributed by atoms with E-state index in [0.29, 0.717) is 29.8 Å². The number of anilines is 2. The summed E-state index contributed by atoms with van der Waals surface area (Å²) in [7, 11) is -1.76. The smallest absolute Gasteiger partial charge is 0.410 e. The Kier molecular flexibility index (Phi) is 9.19. The van der Waals surface area contributed by atoms with Crippen LogP contribution in [0.3, 0.4) is 0 Å². The van der Waals surface area contributed by atoms with Gasteiger partial charge in [0.15, 0.2) is 10.7 Å². The van der Waals surface area contributed by atoms with Crippen LogP contribution in [0.1, 0.15) is 38.3 Å². The molecule has 2 heterocycles. The van der Waals surface area contributed by atoms with Gasteiger partial charge in [-0.2, -0.15) is 4.37 Å². The summed E-state index contributed by atoms with van der Waals surface area (Å²) in [6, 6.07) is 5.59. The highest BCUT2D eigenvalue weighted by Gasteiger charge is 2.38. The van der Waals surface area contributed by atoms with Gasteiger partial charge in [0.05, 0.1) is 19.3 Å².